The molecule has 0 spiro atoms. The number of nitrogens with zero attached hydrogens (tertiary/aromatic N) is 1. The fourth-order valence-corrected chi connectivity index (χ4v) is 1.91. The standard InChI is InChI=1S/C11H16N2O5/c1-6-4-8(13-18-6)11(16)12-7-2-3-17-9(5-14)10(7)15/h4,7,9-10,14-15H,2-3,5H2,1H3,(H,12,16)/t7-,9+,10-/m0/s1. The van der Waals surface area contributed by atoms with Crippen LogP contribution in [0.4, 0.5) is 0 Å². The molecule has 1 aromatic rings. The van der Waals surface area contributed by atoms with Crippen LogP contribution in [0.2, 0.25) is 0 Å². The van der Waals surface area contributed by atoms with Gasteiger partial charge in [0, 0.05) is 12.7 Å². The average molecular weight is 256 g/mol. The highest BCUT2D eigenvalue weighted by Crippen LogP contribution is 2.15. The molecule has 2 rings (SSSR count). The van der Waals surface area contributed by atoms with Crippen molar-refractivity contribution in [2.24, 2.45) is 0 Å². The third-order valence-electron chi connectivity index (χ3n) is 2.91. The van der Waals surface area contributed by atoms with E-state index in [1.165, 1.54) is 6.07 Å². The van der Waals surface area contributed by atoms with Gasteiger partial charge in [-0.15, -0.1) is 0 Å². The summed E-state index contributed by atoms with van der Waals surface area (Å²) in [6, 6.07) is 1.06. The zero-order valence-corrected chi connectivity index (χ0v) is 10.00. The van der Waals surface area contributed by atoms with Crippen LogP contribution in [0.25, 0.3) is 0 Å². The summed E-state index contributed by atoms with van der Waals surface area (Å²) >= 11 is 0. The number of aromatic nitrogens is 1. The molecule has 0 unspecified atom stereocenters. The molecule has 100 valence electrons. The average Bonchev–Trinajstić information content (AvgIpc) is 2.78. The molecule has 0 saturated carbocycles. The van der Waals surface area contributed by atoms with Crippen molar-refractivity contribution in [1.82, 2.24) is 10.5 Å². The number of amides is 1. The van der Waals surface area contributed by atoms with Crippen molar-refractivity contribution in [2.45, 2.75) is 31.6 Å². The molecular formula is C11H16N2O5. The van der Waals surface area contributed by atoms with E-state index in [-0.39, 0.29) is 12.3 Å². The van der Waals surface area contributed by atoms with E-state index < -0.39 is 24.2 Å². The Labute approximate surface area is 104 Å². The van der Waals surface area contributed by atoms with Gasteiger partial charge < -0.3 is 24.8 Å². The van der Waals surface area contributed by atoms with Crippen molar-refractivity contribution in [2.75, 3.05) is 13.2 Å². The minimum Gasteiger partial charge on any atom is -0.394 e. The van der Waals surface area contributed by atoms with Gasteiger partial charge >= 0.3 is 0 Å². The summed E-state index contributed by atoms with van der Waals surface area (Å²) in [6.07, 6.45) is -1.11. The molecule has 1 aromatic heterocycles. The van der Waals surface area contributed by atoms with Gasteiger partial charge in [0.15, 0.2) is 5.69 Å². The number of hydrogen-bond acceptors (Lipinski definition) is 6. The van der Waals surface area contributed by atoms with Crippen molar-refractivity contribution in [1.29, 1.82) is 0 Å². The highest BCUT2D eigenvalue weighted by atomic mass is 16.5. The first-order valence-electron chi connectivity index (χ1n) is 5.76. The predicted octanol–water partition coefficient (Wildman–Crippen LogP) is -0.776. The molecule has 1 amide bonds. The maximum absolute atomic E-state index is 11.8. The van der Waals surface area contributed by atoms with Gasteiger partial charge in [0.25, 0.3) is 5.91 Å². The Hall–Kier alpha value is -1.44. The predicted molar refractivity (Wildman–Crippen MR) is 59.9 cm³/mol. The lowest BCUT2D eigenvalue weighted by atomic mass is 10.00. The first-order chi connectivity index (χ1) is 8.61. The van der Waals surface area contributed by atoms with Crippen LogP contribution in [0.1, 0.15) is 22.7 Å². The van der Waals surface area contributed by atoms with Crippen molar-refractivity contribution in [3.63, 3.8) is 0 Å². The third-order valence-corrected chi connectivity index (χ3v) is 2.91. The third kappa shape index (κ3) is 2.69. The van der Waals surface area contributed by atoms with Crippen molar-refractivity contribution >= 4 is 5.91 Å². The summed E-state index contributed by atoms with van der Waals surface area (Å²) in [4.78, 5) is 11.8. The Bertz CT molecular complexity index is 419. The number of aliphatic hydroxyl groups is 2. The van der Waals surface area contributed by atoms with Gasteiger partial charge in [-0.3, -0.25) is 4.79 Å². The van der Waals surface area contributed by atoms with E-state index in [4.69, 9.17) is 14.4 Å². The van der Waals surface area contributed by atoms with Gasteiger partial charge in [-0.05, 0) is 13.3 Å². The van der Waals surface area contributed by atoms with Crippen LogP contribution in [0.5, 0.6) is 0 Å². The second kappa shape index (κ2) is 5.47. The van der Waals surface area contributed by atoms with Crippen LogP contribution >= 0.6 is 0 Å². The summed E-state index contributed by atoms with van der Waals surface area (Å²) in [5.41, 5.74) is 0.173. The molecule has 7 heteroatoms. The topological polar surface area (TPSA) is 105 Å². The Kier molecular flexibility index (Phi) is 3.95. The fraction of sp³-hybridized carbons (Fsp3) is 0.636. The normalized spacial score (nSPS) is 28.1. The molecule has 18 heavy (non-hydrogen) atoms. The van der Waals surface area contributed by atoms with Crippen LogP contribution in [0.15, 0.2) is 10.6 Å². The smallest absolute Gasteiger partial charge is 0.273 e. The van der Waals surface area contributed by atoms with Gasteiger partial charge in [-0.25, -0.2) is 0 Å². The Morgan fingerprint density at radius 1 is 1.67 bits per heavy atom. The summed E-state index contributed by atoms with van der Waals surface area (Å²) in [5, 5.41) is 25.2. The number of aliphatic hydroxyl groups excluding tert-OH is 2. The lowest BCUT2D eigenvalue weighted by Crippen LogP contribution is -2.54. The quantitative estimate of drug-likeness (QED) is 0.655. The highest BCUT2D eigenvalue weighted by Gasteiger charge is 2.33. The molecule has 1 aliphatic rings. The van der Waals surface area contributed by atoms with Gasteiger partial charge in [0.05, 0.1) is 12.6 Å². The Balaban J connectivity index is 1.98. The maximum atomic E-state index is 11.8. The van der Waals surface area contributed by atoms with E-state index in [0.29, 0.717) is 18.8 Å². The molecule has 1 saturated heterocycles. The maximum Gasteiger partial charge on any atom is 0.273 e. The molecular weight excluding hydrogens is 240 g/mol. The number of carbonyl (C=O) groups excluding carboxylic acids is 1. The van der Waals surface area contributed by atoms with E-state index >= 15 is 0 Å². The van der Waals surface area contributed by atoms with Crippen LogP contribution < -0.4 is 5.32 Å². The number of carbonyl (C=O) groups is 1. The van der Waals surface area contributed by atoms with Crippen molar-refractivity contribution < 1.29 is 24.3 Å². The molecule has 0 aliphatic carbocycles. The van der Waals surface area contributed by atoms with E-state index in [1.807, 2.05) is 0 Å². The number of hydrogen-bond donors (Lipinski definition) is 3. The lowest BCUT2D eigenvalue weighted by Gasteiger charge is -2.34. The SMILES string of the molecule is Cc1cc(C(=O)N[C@H]2CCO[C@H](CO)[C@H]2O)no1. The zero-order chi connectivity index (χ0) is 13.1. The van der Waals surface area contributed by atoms with Crippen molar-refractivity contribution in [3.05, 3.63) is 17.5 Å². The van der Waals surface area contributed by atoms with Crippen LogP contribution in [-0.4, -0.2) is 52.7 Å². The summed E-state index contributed by atoms with van der Waals surface area (Å²) < 4.78 is 9.98. The molecule has 2 heterocycles. The summed E-state index contributed by atoms with van der Waals surface area (Å²) in [7, 11) is 0. The van der Waals surface area contributed by atoms with Gasteiger partial charge in [-0.1, -0.05) is 5.16 Å². The molecule has 3 N–H and O–H groups in total. The number of ether oxygens (including phenoxy) is 1. The lowest BCUT2D eigenvalue weighted by molar-refractivity contribution is -0.107. The Morgan fingerprint density at radius 2 is 2.44 bits per heavy atom. The van der Waals surface area contributed by atoms with Crippen LogP contribution in [-0.2, 0) is 4.74 Å². The van der Waals surface area contributed by atoms with E-state index in [2.05, 4.69) is 10.5 Å². The minimum atomic E-state index is -0.930. The molecule has 3 atom stereocenters. The minimum absolute atomic E-state index is 0.173. The summed E-state index contributed by atoms with van der Waals surface area (Å²) in [6.45, 7) is 1.79. The number of aryl methyl sites for hydroxylation is 1. The molecule has 1 fully saturated rings. The van der Waals surface area contributed by atoms with Crippen LogP contribution in [0, 0.1) is 6.92 Å². The van der Waals surface area contributed by atoms with Gasteiger partial charge in [0.2, 0.25) is 0 Å². The number of nitrogens with one attached hydrogen (secondary N) is 1. The second-order valence-electron chi connectivity index (χ2n) is 4.27. The molecule has 0 radical (unpaired) electrons. The van der Waals surface area contributed by atoms with Crippen LogP contribution in [0.3, 0.4) is 0 Å². The van der Waals surface area contributed by atoms with E-state index in [0.717, 1.165) is 0 Å². The first kappa shape index (κ1) is 13.0. The molecule has 0 bridgehead atoms. The molecule has 7 nitrogen and oxygen atoms in total. The fourth-order valence-electron chi connectivity index (χ4n) is 1.91. The largest absolute Gasteiger partial charge is 0.394 e. The van der Waals surface area contributed by atoms with E-state index in [9.17, 15) is 9.90 Å². The number of rotatable bonds is 3. The van der Waals surface area contributed by atoms with Gasteiger partial charge in [-0.2, -0.15) is 0 Å². The Morgan fingerprint density at radius 3 is 3.06 bits per heavy atom. The molecule has 1 aliphatic heterocycles. The second-order valence-corrected chi connectivity index (χ2v) is 4.27. The summed E-state index contributed by atoms with van der Waals surface area (Å²) in [5.74, 6) is 0.135. The van der Waals surface area contributed by atoms with Gasteiger partial charge in [0.1, 0.15) is 18.0 Å². The monoisotopic (exact) mass is 256 g/mol. The first-order valence-corrected chi connectivity index (χ1v) is 5.76. The zero-order valence-electron chi connectivity index (χ0n) is 10.00. The van der Waals surface area contributed by atoms with E-state index in [1.54, 1.807) is 6.92 Å². The van der Waals surface area contributed by atoms with Crippen molar-refractivity contribution in [3.8, 4) is 0 Å². The molecule has 0 aromatic carbocycles. The highest BCUT2D eigenvalue weighted by molar-refractivity contribution is 5.92.